The molecule has 1 atom stereocenters. The number of hydrogen-bond donors (Lipinski definition) is 2. The van der Waals surface area contributed by atoms with Crippen molar-refractivity contribution >= 4 is 17.8 Å². The van der Waals surface area contributed by atoms with Crippen LogP contribution in [0.25, 0.3) is 0 Å². The van der Waals surface area contributed by atoms with E-state index in [1.807, 2.05) is 12.1 Å². The number of imide groups is 1. The van der Waals surface area contributed by atoms with Gasteiger partial charge in [-0.15, -0.1) is 0 Å². The maximum Gasteiger partial charge on any atom is 0.324 e. The molecule has 1 aromatic carbocycles. The first-order valence-electron chi connectivity index (χ1n) is 13.5. The van der Waals surface area contributed by atoms with Gasteiger partial charge in [-0.3, -0.25) is 14.5 Å². The normalized spacial score (nSPS) is 17.7. The number of amides is 4. The van der Waals surface area contributed by atoms with E-state index in [2.05, 4.69) is 12.2 Å². The van der Waals surface area contributed by atoms with Crippen LogP contribution in [0.2, 0.25) is 0 Å². The average molecular weight is 518 g/mol. The van der Waals surface area contributed by atoms with Crippen LogP contribution in [-0.4, -0.2) is 56.2 Å². The monoisotopic (exact) mass is 517 g/mol. The molecule has 9 nitrogen and oxygen atoms in total. The van der Waals surface area contributed by atoms with Crippen molar-refractivity contribution in [1.29, 1.82) is 0 Å². The third-order valence-electron chi connectivity index (χ3n) is 7.95. The van der Waals surface area contributed by atoms with E-state index in [0.717, 1.165) is 56.9 Å². The zero-order valence-electron chi connectivity index (χ0n) is 22.8. The molecule has 2 saturated carbocycles. The minimum atomic E-state index is -1.08. The molecule has 2 fully saturated rings. The number of carbonyl (C=O) groups excluding carboxylic acids is 3. The average Bonchev–Trinajstić information content (AvgIpc) is 2.88. The van der Waals surface area contributed by atoms with Crippen molar-refractivity contribution in [3.63, 3.8) is 0 Å². The van der Waals surface area contributed by atoms with Crippen LogP contribution < -0.4 is 25.3 Å². The summed E-state index contributed by atoms with van der Waals surface area (Å²) in [5.41, 5.74) is 5.29. The van der Waals surface area contributed by atoms with Gasteiger partial charge >= 0.3 is 6.03 Å². The van der Waals surface area contributed by atoms with Crippen molar-refractivity contribution in [2.45, 2.75) is 89.0 Å². The molecule has 206 valence electrons. The first-order chi connectivity index (χ1) is 17.8. The molecule has 3 N–H and O–H groups in total. The Kier molecular flexibility index (Phi) is 10.1. The van der Waals surface area contributed by atoms with E-state index in [9.17, 15) is 14.4 Å². The third kappa shape index (κ3) is 6.30. The van der Waals surface area contributed by atoms with Gasteiger partial charge in [0.2, 0.25) is 17.6 Å². The molecule has 1 aromatic rings. The van der Waals surface area contributed by atoms with E-state index in [0.29, 0.717) is 36.5 Å². The Morgan fingerprint density at radius 3 is 2.08 bits per heavy atom. The van der Waals surface area contributed by atoms with E-state index in [4.69, 9.17) is 19.9 Å². The highest BCUT2D eigenvalue weighted by molar-refractivity contribution is 6.00. The van der Waals surface area contributed by atoms with Gasteiger partial charge in [0.15, 0.2) is 11.5 Å². The molecular weight excluding hydrogens is 474 g/mol. The lowest BCUT2D eigenvalue weighted by Crippen LogP contribution is -2.64. The van der Waals surface area contributed by atoms with Crippen LogP contribution >= 0.6 is 0 Å². The molecule has 2 aliphatic rings. The molecule has 0 aliphatic heterocycles. The molecule has 4 amide bonds. The number of methoxy groups -OCH3 is 3. The van der Waals surface area contributed by atoms with E-state index >= 15 is 0 Å². The lowest BCUT2D eigenvalue weighted by Gasteiger charge is -2.41. The molecule has 2 aliphatic carbocycles. The highest BCUT2D eigenvalue weighted by atomic mass is 16.5. The molecule has 1 unspecified atom stereocenters. The Labute approximate surface area is 220 Å². The van der Waals surface area contributed by atoms with Crippen LogP contribution in [0.15, 0.2) is 12.1 Å². The van der Waals surface area contributed by atoms with Crippen LogP contribution in [0, 0.1) is 5.92 Å². The van der Waals surface area contributed by atoms with Gasteiger partial charge in [-0.05, 0) is 62.1 Å². The van der Waals surface area contributed by atoms with Crippen LogP contribution in [0.5, 0.6) is 17.2 Å². The van der Waals surface area contributed by atoms with Gasteiger partial charge in [-0.1, -0.05) is 39.0 Å². The Hall–Kier alpha value is -2.97. The smallest absolute Gasteiger partial charge is 0.324 e. The van der Waals surface area contributed by atoms with Gasteiger partial charge in [0, 0.05) is 6.54 Å². The first-order valence-corrected chi connectivity index (χ1v) is 13.5. The molecule has 37 heavy (non-hydrogen) atoms. The van der Waals surface area contributed by atoms with E-state index in [1.165, 1.54) is 4.90 Å². The second kappa shape index (κ2) is 13.0. The Morgan fingerprint density at radius 1 is 1.00 bits per heavy atom. The minimum Gasteiger partial charge on any atom is -0.493 e. The van der Waals surface area contributed by atoms with Crippen LogP contribution in [0.1, 0.15) is 89.0 Å². The second-order valence-electron chi connectivity index (χ2n) is 10.3. The Morgan fingerprint density at radius 2 is 1.62 bits per heavy atom. The standard InChI is InChI=1S/C28H43N3O6/c1-5-6-10-16-31(27(34)30-28(26(29)33)14-11-15-28)25(32)23(19-12-8-7-9-13-19)20-17-21(35-2)24(37-4)22(18-20)36-3/h17-19,23H,5-16H2,1-4H3,(H2,29,33)(H,30,34). The van der Waals surface area contributed by atoms with Gasteiger partial charge < -0.3 is 25.3 Å². The number of unbranched alkanes of at least 4 members (excludes halogenated alkanes) is 2. The number of hydrogen-bond acceptors (Lipinski definition) is 6. The van der Waals surface area contributed by atoms with E-state index < -0.39 is 23.4 Å². The Bertz CT molecular complexity index is 930. The molecule has 3 rings (SSSR count). The lowest BCUT2D eigenvalue weighted by atomic mass is 9.75. The maximum absolute atomic E-state index is 14.3. The molecule has 9 heteroatoms. The van der Waals surface area contributed by atoms with Crippen LogP contribution in [0.4, 0.5) is 4.79 Å². The van der Waals surface area contributed by atoms with Gasteiger partial charge in [0.25, 0.3) is 0 Å². The molecule has 0 saturated heterocycles. The zero-order chi connectivity index (χ0) is 27.0. The number of ether oxygens (including phenoxy) is 3. The molecule has 0 radical (unpaired) electrons. The summed E-state index contributed by atoms with van der Waals surface area (Å²) in [6.45, 7) is 2.35. The number of carbonyl (C=O) groups is 3. The van der Waals surface area contributed by atoms with Crippen molar-refractivity contribution in [3.8, 4) is 17.2 Å². The molecule has 0 bridgehead atoms. The van der Waals surface area contributed by atoms with Gasteiger partial charge in [0.1, 0.15) is 5.54 Å². The van der Waals surface area contributed by atoms with Gasteiger partial charge in [0.05, 0.1) is 27.2 Å². The molecule has 0 aromatic heterocycles. The SMILES string of the molecule is CCCCCN(C(=O)NC1(C(N)=O)CCC1)C(=O)C(c1cc(OC)c(OC)c(OC)c1)C1CCCCC1. The van der Waals surface area contributed by atoms with Gasteiger partial charge in [-0.2, -0.15) is 0 Å². The fourth-order valence-corrected chi connectivity index (χ4v) is 5.60. The summed E-state index contributed by atoms with van der Waals surface area (Å²) < 4.78 is 16.6. The summed E-state index contributed by atoms with van der Waals surface area (Å²) in [6.07, 6.45) is 9.30. The summed E-state index contributed by atoms with van der Waals surface area (Å²) in [7, 11) is 4.63. The number of rotatable bonds is 12. The predicted molar refractivity (Wildman–Crippen MR) is 141 cm³/mol. The number of primary amides is 1. The van der Waals surface area contributed by atoms with E-state index in [1.54, 1.807) is 21.3 Å². The predicted octanol–water partition coefficient (Wildman–Crippen LogP) is 4.51. The van der Waals surface area contributed by atoms with Crippen LogP contribution in [0.3, 0.4) is 0 Å². The fraction of sp³-hybridized carbons (Fsp3) is 0.679. The van der Waals surface area contributed by atoms with Crippen molar-refractivity contribution < 1.29 is 28.6 Å². The third-order valence-corrected chi connectivity index (χ3v) is 7.95. The highest BCUT2D eigenvalue weighted by Crippen LogP contribution is 2.44. The number of nitrogens with zero attached hydrogens (tertiary/aromatic N) is 1. The topological polar surface area (TPSA) is 120 Å². The Balaban J connectivity index is 2.02. The van der Waals surface area contributed by atoms with Crippen molar-refractivity contribution in [3.05, 3.63) is 17.7 Å². The largest absolute Gasteiger partial charge is 0.493 e. The van der Waals surface area contributed by atoms with Gasteiger partial charge in [-0.25, -0.2) is 4.79 Å². The van der Waals surface area contributed by atoms with Crippen molar-refractivity contribution in [2.24, 2.45) is 11.7 Å². The quantitative estimate of drug-likeness (QED) is 0.394. The number of urea groups is 1. The van der Waals surface area contributed by atoms with Crippen molar-refractivity contribution in [2.75, 3.05) is 27.9 Å². The summed E-state index contributed by atoms with van der Waals surface area (Å²) >= 11 is 0. The summed E-state index contributed by atoms with van der Waals surface area (Å²) in [5.74, 6) is 0.0700. The molecule has 0 spiro atoms. The second-order valence-corrected chi connectivity index (χ2v) is 10.3. The van der Waals surface area contributed by atoms with Crippen molar-refractivity contribution in [1.82, 2.24) is 10.2 Å². The number of nitrogens with two attached hydrogens (primary N) is 1. The highest BCUT2D eigenvalue weighted by Gasteiger charge is 2.46. The maximum atomic E-state index is 14.3. The first kappa shape index (κ1) is 28.6. The lowest BCUT2D eigenvalue weighted by molar-refractivity contribution is -0.133. The summed E-state index contributed by atoms with van der Waals surface area (Å²) in [5, 5.41) is 2.83. The number of nitrogens with one attached hydrogen (secondary N) is 1. The summed E-state index contributed by atoms with van der Waals surface area (Å²) in [4.78, 5) is 41.4. The number of benzene rings is 1. The minimum absolute atomic E-state index is 0.0688. The fourth-order valence-electron chi connectivity index (χ4n) is 5.60. The molecular formula is C28H43N3O6. The molecule has 0 heterocycles. The summed E-state index contributed by atoms with van der Waals surface area (Å²) in [6, 6.07) is 3.09. The zero-order valence-corrected chi connectivity index (χ0v) is 22.8. The van der Waals surface area contributed by atoms with E-state index in [-0.39, 0.29) is 18.4 Å². The van der Waals surface area contributed by atoms with Crippen LogP contribution in [-0.2, 0) is 9.59 Å².